The highest BCUT2D eigenvalue weighted by Crippen LogP contribution is 2.51. The van der Waals surface area contributed by atoms with Crippen molar-refractivity contribution < 1.29 is 4.79 Å². The molecule has 0 unspecified atom stereocenters. The third kappa shape index (κ3) is 2.23. The van der Waals surface area contributed by atoms with Crippen molar-refractivity contribution >= 4 is 5.91 Å². The molecule has 3 nitrogen and oxygen atoms in total. The first kappa shape index (κ1) is 11.1. The summed E-state index contributed by atoms with van der Waals surface area (Å²) in [5.74, 6) is 0.373. The Bertz CT molecular complexity index is 412. The molecule has 1 N–H and O–H groups in total. The van der Waals surface area contributed by atoms with Crippen LogP contribution in [0.25, 0.3) is 0 Å². The predicted molar refractivity (Wildman–Crippen MR) is 62.7 cm³/mol. The van der Waals surface area contributed by atoms with Crippen molar-refractivity contribution in [1.29, 1.82) is 0 Å². The monoisotopic (exact) mass is 218 g/mol. The number of amides is 1. The van der Waals surface area contributed by atoms with Gasteiger partial charge in [-0.15, -0.1) is 0 Å². The van der Waals surface area contributed by atoms with Gasteiger partial charge < -0.3 is 5.32 Å². The summed E-state index contributed by atoms with van der Waals surface area (Å²) < 4.78 is 0. The highest BCUT2D eigenvalue weighted by Gasteiger charge is 2.50. The molecule has 0 bridgehead atoms. The van der Waals surface area contributed by atoms with Gasteiger partial charge >= 0.3 is 0 Å². The molecule has 0 radical (unpaired) electrons. The fourth-order valence-corrected chi connectivity index (χ4v) is 1.90. The molecule has 3 heteroatoms. The first-order valence-corrected chi connectivity index (χ1v) is 5.68. The molecule has 1 heterocycles. The number of nitrogens with zero attached hydrogens (tertiary/aromatic N) is 1. The number of aromatic nitrogens is 1. The largest absolute Gasteiger partial charge is 0.352 e. The zero-order valence-corrected chi connectivity index (χ0v) is 10.1. The van der Waals surface area contributed by atoms with Crippen LogP contribution in [0.3, 0.4) is 0 Å². The minimum absolute atomic E-state index is 0.174. The highest BCUT2D eigenvalue weighted by molar-refractivity contribution is 5.82. The van der Waals surface area contributed by atoms with Crippen molar-refractivity contribution in [2.45, 2.75) is 33.7 Å². The molecule has 1 saturated carbocycles. The SMILES string of the molecule is Cc1ccncc1CNC(=O)[C@H]1CC1(C)C. The lowest BCUT2D eigenvalue weighted by molar-refractivity contribution is -0.123. The number of carbonyl (C=O) groups is 1. The molecule has 1 fully saturated rings. The topological polar surface area (TPSA) is 42.0 Å². The Kier molecular flexibility index (Phi) is 2.70. The van der Waals surface area contributed by atoms with E-state index in [2.05, 4.69) is 24.1 Å². The summed E-state index contributed by atoms with van der Waals surface area (Å²) in [4.78, 5) is 15.8. The average Bonchev–Trinajstić information content (AvgIpc) is 2.86. The van der Waals surface area contributed by atoms with Crippen LogP contribution in [0.1, 0.15) is 31.4 Å². The molecule has 1 amide bonds. The number of aryl methyl sites for hydroxylation is 1. The molecule has 1 aromatic heterocycles. The Hall–Kier alpha value is -1.38. The Labute approximate surface area is 96.3 Å². The molecule has 0 aliphatic heterocycles. The van der Waals surface area contributed by atoms with Crippen LogP contribution in [0, 0.1) is 18.3 Å². The van der Waals surface area contributed by atoms with E-state index in [1.165, 1.54) is 5.56 Å². The second-order valence-corrected chi connectivity index (χ2v) is 5.27. The van der Waals surface area contributed by atoms with Gasteiger partial charge in [0, 0.05) is 24.9 Å². The van der Waals surface area contributed by atoms with Crippen LogP contribution in [-0.2, 0) is 11.3 Å². The summed E-state index contributed by atoms with van der Waals surface area (Å²) in [6, 6.07) is 1.96. The van der Waals surface area contributed by atoms with Gasteiger partial charge in [0.05, 0.1) is 0 Å². The van der Waals surface area contributed by atoms with Crippen molar-refractivity contribution in [3.8, 4) is 0 Å². The quantitative estimate of drug-likeness (QED) is 0.843. The number of rotatable bonds is 3. The number of hydrogen-bond acceptors (Lipinski definition) is 2. The molecule has 0 aromatic carbocycles. The van der Waals surface area contributed by atoms with Gasteiger partial charge in [-0.2, -0.15) is 0 Å². The van der Waals surface area contributed by atoms with Crippen molar-refractivity contribution in [1.82, 2.24) is 10.3 Å². The maximum absolute atomic E-state index is 11.8. The number of hydrogen-bond donors (Lipinski definition) is 1. The van der Waals surface area contributed by atoms with E-state index in [4.69, 9.17) is 0 Å². The smallest absolute Gasteiger partial charge is 0.223 e. The number of carbonyl (C=O) groups excluding carboxylic acids is 1. The Balaban J connectivity index is 1.89. The van der Waals surface area contributed by atoms with Crippen molar-refractivity contribution in [2.75, 3.05) is 0 Å². The molecule has 86 valence electrons. The van der Waals surface area contributed by atoms with E-state index in [-0.39, 0.29) is 17.2 Å². The van der Waals surface area contributed by atoms with Crippen LogP contribution in [0.5, 0.6) is 0 Å². The van der Waals surface area contributed by atoms with Gasteiger partial charge in [0.25, 0.3) is 0 Å². The molecular formula is C13H18N2O. The van der Waals surface area contributed by atoms with Crippen LogP contribution < -0.4 is 5.32 Å². The fourth-order valence-electron chi connectivity index (χ4n) is 1.90. The van der Waals surface area contributed by atoms with Crippen molar-refractivity contribution in [3.05, 3.63) is 29.6 Å². The standard InChI is InChI=1S/C13H18N2O/c1-9-4-5-14-7-10(9)8-15-12(16)11-6-13(11,2)3/h4-5,7,11H,6,8H2,1-3H3,(H,15,16)/t11-/m1/s1. The molecular weight excluding hydrogens is 200 g/mol. The van der Waals surface area contributed by atoms with Crippen LogP contribution in [0.4, 0.5) is 0 Å². The van der Waals surface area contributed by atoms with E-state index >= 15 is 0 Å². The van der Waals surface area contributed by atoms with E-state index in [0.29, 0.717) is 6.54 Å². The molecule has 1 atom stereocenters. The Morgan fingerprint density at radius 1 is 1.62 bits per heavy atom. The Morgan fingerprint density at radius 3 is 2.88 bits per heavy atom. The third-order valence-corrected chi connectivity index (χ3v) is 3.43. The lowest BCUT2D eigenvalue weighted by atomic mass is 10.1. The first-order chi connectivity index (χ1) is 7.50. The summed E-state index contributed by atoms with van der Waals surface area (Å²) in [6.45, 7) is 6.88. The zero-order valence-electron chi connectivity index (χ0n) is 10.1. The molecule has 0 saturated heterocycles. The summed E-state index contributed by atoms with van der Waals surface area (Å²) in [5, 5.41) is 2.98. The number of nitrogens with one attached hydrogen (secondary N) is 1. The van der Waals surface area contributed by atoms with E-state index in [1.54, 1.807) is 6.20 Å². The van der Waals surface area contributed by atoms with Crippen LogP contribution in [-0.4, -0.2) is 10.9 Å². The lowest BCUT2D eigenvalue weighted by Gasteiger charge is -2.08. The lowest BCUT2D eigenvalue weighted by Crippen LogP contribution is -2.26. The van der Waals surface area contributed by atoms with Gasteiger partial charge in [0.1, 0.15) is 0 Å². The van der Waals surface area contributed by atoms with E-state index in [0.717, 1.165) is 12.0 Å². The van der Waals surface area contributed by atoms with Crippen molar-refractivity contribution in [3.63, 3.8) is 0 Å². The summed E-state index contributed by atoms with van der Waals surface area (Å²) in [5.41, 5.74) is 2.47. The third-order valence-electron chi connectivity index (χ3n) is 3.43. The fraction of sp³-hybridized carbons (Fsp3) is 0.538. The molecule has 1 aliphatic carbocycles. The van der Waals surface area contributed by atoms with Gasteiger partial charge in [-0.3, -0.25) is 9.78 Å². The summed E-state index contributed by atoms with van der Waals surface area (Å²) in [6.07, 6.45) is 4.59. The highest BCUT2D eigenvalue weighted by atomic mass is 16.2. The second-order valence-electron chi connectivity index (χ2n) is 5.27. The van der Waals surface area contributed by atoms with Gasteiger partial charge in [-0.1, -0.05) is 13.8 Å². The molecule has 0 spiro atoms. The summed E-state index contributed by atoms with van der Waals surface area (Å²) in [7, 11) is 0. The Morgan fingerprint density at radius 2 is 2.31 bits per heavy atom. The van der Waals surface area contributed by atoms with Crippen LogP contribution >= 0.6 is 0 Å². The van der Waals surface area contributed by atoms with E-state index < -0.39 is 0 Å². The normalized spacial score (nSPS) is 21.6. The first-order valence-electron chi connectivity index (χ1n) is 5.68. The van der Waals surface area contributed by atoms with Gasteiger partial charge in [0.15, 0.2) is 0 Å². The minimum Gasteiger partial charge on any atom is -0.352 e. The van der Waals surface area contributed by atoms with Gasteiger partial charge in [-0.25, -0.2) is 0 Å². The maximum Gasteiger partial charge on any atom is 0.223 e. The van der Waals surface area contributed by atoms with Gasteiger partial charge in [-0.05, 0) is 36.0 Å². The molecule has 1 aromatic rings. The minimum atomic E-state index is 0.174. The molecule has 1 aliphatic rings. The molecule has 2 rings (SSSR count). The second kappa shape index (κ2) is 3.89. The average molecular weight is 218 g/mol. The van der Waals surface area contributed by atoms with Crippen LogP contribution in [0.2, 0.25) is 0 Å². The summed E-state index contributed by atoms with van der Waals surface area (Å²) >= 11 is 0. The van der Waals surface area contributed by atoms with E-state index in [9.17, 15) is 4.79 Å². The predicted octanol–water partition coefficient (Wildman–Crippen LogP) is 2.05. The molecule has 16 heavy (non-hydrogen) atoms. The maximum atomic E-state index is 11.8. The van der Waals surface area contributed by atoms with E-state index in [1.807, 2.05) is 19.2 Å². The van der Waals surface area contributed by atoms with Crippen LogP contribution in [0.15, 0.2) is 18.5 Å². The zero-order chi connectivity index (χ0) is 11.8. The number of pyridine rings is 1. The van der Waals surface area contributed by atoms with Crippen molar-refractivity contribution in [2.24, 2.45) is 11.3 Å². The van der Waals surface area contributed by atoms with Gasteiger partial charge in [0.2, 0.25) is 5.91 Å².